The quantitative estimate of drug-likeness (QED) is 0.470. The van der Waals surface area contributed by atoms with Crippen molar-refractivity contribution in [2.75, 3.05) is 38.7 Å². The van der Waals surface area contributed by atoms with Gasteiger partial charge >= 0.3 is 5.97 Å². The fraction of sp³-hybridized carbons (Fsp3) is 0.571. The normalized spacial score (nSPS) is 19.4. The molecule has 1 amide bonds. The first-order chi connectivity index (χ1) is 14.8. The number of hydrogen-bond donors (Lipinski definition) is 2. The van der Waals surface area contributed by atoms with Crippen molar-refractivity contribution >= 4 is 28.3 Å². The molecule has 2 unspecified atom stereocenters. The summed E-state index contributed by atoms with van der Waals surface area (Å²) in [5.74, 6) is -0.820. The SMILES string of the molecule is COCCOC(=O)c1c(C)[nH]c(C(=O)Nc2nc(CN3CC(C)OC(C)C3)cs2)c1C. The van der Waals surface area contributed by atoms with E-state index in [1.165, 1.54) is 18.4 Å². The van der Waals surface area contributed by atoms with Crippen LogP contribution in [0.5, 0.6) is 0 Å². The molecule has 0 saturated carbocycles. The van der Waals surface area contributed by atoms with Crippen LogP contribution in [0.15, 0.2) is 5.38 Å². The molecule has 2 N–H and O–H groups in total. The molecule has 31 heavy (non-hydrogen) atoms. The van der Waals surface area contributed by atoms with E-state index in [-0.39, 0.29) is 24.7 Å². The van der Waals surface area contributed by atoms with Gasteiger partial charge in [0.05, 0.1) is 30.1 Å². The van der Waals surface area contributed by atoms with Gasteiger partial charge in [0, 0.05) is 37.8 Å². The van der Waals surface area contributed by atoms with Crippen molar-refractivity contribution in [1.29, 1.82) is 0 Å². The number of thiazole rings is 1. The second kappa shape index (κ2) is 10.4. The summed E-state index contributed by atoms with van der Waals surface area (Å²) in [6.07, 6.45) is 0.382. The van der Waals surface area contributed by atoms with Crippen molar-refractivity contribution < 1.29 is 23.8 Å². The van der Waals surface area contributed by atoms with Crippen molar-refractivity contribution in [3.8, 4) is 0 Å². The van der Waals surface area contributed by atoms with Gasteiger partial charge in [0.15, 0.2) is 5.13 Å². The summed E-state index contributed by atoms with van der Waals surface area (Å²) < 4.78 is 15.9. The molecule has 10 heteroatoms. The van der Waals surface area contributed by atoms with Gasteiger partial charge in [-0.15, -0.1) is 11.3 Å². The fourth-order valence-electron chi connectivity index (χ4n) is 3.81. The van der Waals surface area contributed by atoms with E-state index >= 15 is 0 Å². The second-order valence-corrected chi connectivity index (χ2v) is 8.66. The zero-order valence-corrected chi connectivity index (χ0v) is 19.4. The standard InChI is InChI=1S/C21H30N4O5S/c1-12-8-25(9-13(2)30-12)10-16-11-31-21(23-16)24-19(26)18-14(3)17(15(4)22-18)20(27)29-7-6-28-5/h11-13,22H,6-10H2,1-5H3,(H,23,24,26). The number of methoxy groups -OCH3 is 1. The summed E-state index contributed by atoms with van der Waals surface area (Å²) in [5.41, 5.74) is 2.73. The van der Waals surface area contributed by atoms with Crippen molar-refractivity contribution in [3.63, 3.8) is 0 Å². The van der Waals surface area contributed by atoms with E-state index < -0.39 is 5.97 Å². The Morgan fingerprint density at radius 1 is 1.29 bits per heavy atom. The lowest BCUT2D eigenvalue weighted by atomic mass is 10.1. The maximum absolute atomic E-state index is 12.8. The van der Waals surface area contributed by atoms with Crippen LogP contribution in [-0.4, -0.2) is 72.4 Å². The molecule has 1 fully saturated rings. The van der Waals surface area contributed by atoms with Gasteiger partial charge < -0.3 is 19.2 Å². The van der Waals surface area contributed by atoms with Gasteiger partial charge in [0.25, 0.3) is 5.91 Å². The fourth-order valence-corrected chi connectivity index (χ4v) is 4.51. The number of H-pyrrole nitrogens is 1. The van der Waals surface area contributed by atoms with Gasteiger partial charge in [-0.2, -0.15) is 0 Å². The van der Waals surface area contributed by atoms with Gasteiger partial charge in [-0.25, -0.2) is 9.78 Å². The third kappa shape index (κ3) is 5.91. The third-order valence-corrected chi connectivity index (χ3v) is 5.85. The molecule has 2 aromatic heterocycles. The van der Waals surface area contributed by atoms with E-state index in [0.29, 0.717) is 40.8 Å². The number of nitrogens with zero attached hydrogens (tertiary/aromatic N) is 2. The molecule has 3 heterocycles. The number of aryl methyl sites for hydroxylation is 1. The Morgan fingerprint density at radius 3 is 2.68 bits per heavy atom. The Labute approximate surface area is 186 Å². The number of carbonyl (C=O) groups is 2. The molecular weight excluding hydrogens is 420 g/mol. The van der Waals surface area contributed by atoms with Crippen LogP contribution in [0, 0.1) is 13.8 Å². The lowest BCUT2D eigenvalue weighted by Gasteiger charge is -2.34. The first kappa shape index (κ1) is 23.4. The predicted octanol–water partition coefficient (Wildman–Crippen LogP) is 2.75. The number of morpholine rings is 1. The number of ether oxygens (including phenoxy) is 3. The van der Waals surface area contributed by atoms with Crippen molar-refractivity contribution in [2.24, 2.45) is 0 Å². The van der Waals surface area contributed by atoms with E-state index in [4.69, 9.17) is 14.2 Å². The van der Waals surface area contributed by atoms with E-state index in [9.17, 15) is 9.59 Å². The minimum atomic E-state index is -0.479. The van der Waals surface area contributed by atoms with Crippen LogP contribution in [0.1, 0.15) is 51.6 Å². The Balaban J connectivity index is 1.63. The van der Waals surface area contributed by atoms with Crippen LogP contribution in [0.2, 0.25) is 0 Å². The summed E-state index contributed by atoms with van der Waals surface area (Å²) in [4.78, 5) is 35.0. The maximum atomic E-state index is 12.8. The van der Waals surface area contributed by atoms with E-state index in [2.05, 4.69) is 34.0 Å². The van der Waals surface area contributed by atoms with Crippen LogP contribution in [0.4, 0.5) is 5.13 Å². The number of nitrogens with one attached hydrogen (secondary N) is 2. The zero-order valence-electron chi connectivity index (χ0n) is 18.6. The van der Waals surface area contributed by atoms with E-state index in [1.807, 2.05) is 5.38 Å². The minimum absolute atomic E-state index is 0.156. The van der Waals surface area contributed by atoms with E-state index in [0.717, 1.165) is 18.8 Å². The van der Waals surface area contributed by atoms with Gasteiger partial charge in [0.2, 0.25) is 0 Å². The molecule has 1 aliphatic rings. The number of amides is 1. The molecule has 1 aliphatic heterocycles. The number of hydrogen-bond acceptors (Lipinski definition) is 8. The molecule has 1 saturated heterocycles. The molecule has 2 atom stereocenters. The predicted molar refractivity (Wildman–Crippen MR) is 118 cm³/mol. The largest absolute Gasteiger partial charge is 0.460 e. The summed E-state index contributed by atoms with van der Waals surface area (Å²) in [7, 11) is 1.54. The lowest BCUT2D eigenvalue weighted by molar-refractivity contribution is -0.0707. The molecule has 9 nitrogen and oxygen atoms in total. The molecule has 0 spiro atoms. The highest BCUT2D eigenvalue weighted by atomic mass is 32.1. The molecule has 2 aromatic rings. The summed E-state index contributed by atoms with van der Waals surface area (Å²) in [6, 6.07) is 0. The summed E-state index contributed by atoms with van der Waals surface area (Å²) in [5, 5.41) is 5.30. The van der Waals surface area contributed by atoms with Crippen LogP contribution < -0.4 is 5.32 Å². The van der Waals surface area contributed by atoms with Crippen LogP contribution in [0.3, 0.4) is 0 Å². The number of rotatable bonds is 8. The Kier molecular flexibility index (Phi) is 7.82. The second-order valence-electron chi connectivity index (χ2n) is 7.80. The molecule has 0 aromatic carbocycles. The first-order valence-electron chi connectivity index (χ1n) is 10.3. The maximum Gasteiger partial charge on any atom is 0.340 e. The van der Waals surface area contributed by atoms with Crippen LogP contribution >= 0.6 is 11.3 Å². The molecule has 170 valence electrons. The van der Waals surface area contributed by atoms with Crippen LogP contribution in [-0.2, 0) is 20.8 Å². The number of aromatic nitrogens is 2. The minimum Gasteiger partial charge on any atom is -0.460 e. The van der Waals surface area contributed by atoms with Gasteiger partial charge in [-0.1, -0.05) is 0 Å². The van der Waals surface area contributed by atoms with Gasteiger partial charge in [0.1, 0.15) is 12.3 Å². The number of esters is 1. The Morgan fingerprint density at radius 2 is 2.00 bits per heavy atom. The Bertz CT molecular complexity index is 915. The highest BCUT2D eigenvalue weighted by Crippen LogP contribution is 2.23. The van der Waals surface area contributed by atoms with Crippen molar-refractivity contribution in [1.82, 2.24) is 14.9 Å². The molecule has 0 radical (unpaired) electrons. The number of aromatic amines is 1. The smallest absolute Gasteiger partial charge is 0.340 e. The monoisotopic (exact) mass is 450 g/mol. The molecular formula is C21H30N4O5S. The van der Waals surface area contributed by atoms with Crippen molar-refractivity contribution in [3.05, 3.63) is 33.6 Å². The van der Waals surface area contributed by atoms with Crippen LogP contribution in [0.25, 0.3) is 0 Å². The summed E-state index contributed by atoms with van der Waals surface area (Å²) >= 11 is 1.38. The number of carbonyl (C=O) groups excluding carboxylic acids is 2. The highest BCUT2D eigenvalue weighted by molar-refractivity contribution is 7.14. The molecule has 0 bridgehead atoms. The average molecular weight is 451 g/mol. The highest BCUT2D eigenvalue weighted by Gasteiger charge is 2.25. The average Bonchev–Trinajstić information content (AvgIpc) is 3.24. The summed E-state index contributed by atoms with van der Waals surface area (Å²) in [6.45, 7) is 10.5. The van der Waals surface area contributed by atoms with Crippen molar-refractivity contribution in [2.45, 2.75) is 46.4 Å². The first-order valence-corrected chi connectivity index (χ1v) is 11.1. The lowest BCUT2D eigenvalue weighted by Crippen LogP contribution is -2.44. The third-order valence-electron chi connectivity index (χ3n) is 5.04. The topological polar surface area (TPSA) is 106 Å². The van der Waals surface area contributed by atoms with E-state index in [1.54, 1.807) is 13.8 Å². The molecule has 0 aliphatic carbocycles. The van der Waals surface area contributed by atoms with Gasteiger partial charge in [-0.3, -0.25) is 15.0 Å². The Hall–Kier alpha value is -2.27. The van der Waals surface area contributed by atoms with Gasteiger partial charge in [-0.05, 0) is 33.3 Å². The zero-order chi connectivity index (χ0) is 22.5. The number of anilines is 1. The molecule has 3 rings (SSSR count).